The number of fused-ring (bicyclic) bond motifs is 4. The van der Waals surface area contributed by atoms with Gasteiger partial charge in [-0.1, -0.05) is 6.92 Å². The average molecular weight is 406 g/mol. The van der Waals surface area contributed by atoms with E-state index >= 15 is 0 Å². The van der Waals surface area contributed by atoms with Crippen LogP contribution in [0.4, 0.5) is 4.39 Å². The third kappa shape index (κ3) is 2.97. The van der Waals surface area contributed by atoms with Crippen LogP contribution >= 0.6 is 0 Å². The number of nitrogens with one attached hydrogen (secondary N) is 1. The van der Waals surface area contributed by atoms with Crippen LogP contribution in [-0.2, 0) is 13.0 Å². The Labute approximate surface area is 173 Å². The highest BCUT2D eigenvalue weighted by Gasteiger charge is 2.23. The van der Waals surface area contributed by atoms with Gasteiger partial charge in [0.05, 0.1) is 31.1 Å². The van der Waals surface area contributed by atoms with Crippen LogP contribution in [0.2, 0.25) is 0 Å². The van der Waals surface area contributed by atoms with Gasteiger partial charge in [0.15, 0.2) is 0 Å². The van der Waals surface area contributed by atoms with E-state index in [1.807, 2.05) is 24.0 Å². The molecule has 0 fully saturated rings. The van der Waals surface area contributed by atoms with Gasteiger partial charge in [0.2, 0.25) is 0 Å². The van der Waals surface area contributed by atoms with Gasteiger partial charge in [-0.2, -0.15) is 5.10 Å². The van der Waals surface area contributed by atoms with Crippen molar-refractivity contribution in [3.63, 3.8) is 0 Å². The van der Waals surface area contributed by atoms with E-state index in [4.69, 9.17) is 4.74 Å². The summed E-state index contributed by atoms with van der Waals surface area (Å²) in [5, 5.41) is 15.1. The number of hydrogen-bond acceptors (Lipinski definition) is 4. The molecule has 0 radical (unpaired) electrons. The fraction of sp³-hybridized carbons (Fsp3) is 0.304. The zero-order valence-corrected chi connectivity index (χ0v) is 16.9. The Morgan fingerprint density at radius 1 is 1.30 bits per heavy atom. The fourth-order valence-electron chi connectivity index (χ4n) is 4.47. The second kappa shape index (κ2) is 7.25. The SMILES string of the molecule is Cc1nn(CCO)c2c1-c1cnc3[nH]cc(c3c1)[C@H](C)c1cc(F)ccc1OCC2. The molecule has 1 aliphatic heterocycles. The van der Waals surface area contributed by atoms with Crippen molar-refractivity contribution in [3.8, 4) is 16.9 Å². The van der Waals surface area contributed by atoms with Crippen LogP contribution in [0.15, 0.2) is 36.7 Å². The molecule has 2 N–H and O–H groups in total. The predicted molar refractivity (Wildman–Crippen MR) is 112 cm³/mol. The van der Waals surface area contributed by atoms with Gasteiger partial charge >= 0.3 is 0 Å². The predicted octanol–water partition coefficient (Wildman–Crippen LogP) is 3.95. The number of aromatic amines is 1. The van der Waals surface area contributed by atoms with Crippen molar-refractivity contribution in [2.75, 3.05) is 13.2 Å². The third-order valence-corrected chi connectivity index (χ3v) is 5.90. The molecule has 0 aliphatic carbocycles. The molecule has 0 saturated carbocycles. The number of aromatic nitrogens is 4. The molecule has 0 amide bonds. The van der Waals surface area contributed by atoms with Crippen LogP contribution < -0.4 is 4.74 Å². The Kier molecular flexibility index (Phi) is 4.55. The zero-order valence-electron chi connectivity index (χ0n) is 16.9. The number of aliphatic hydroxyl groups is 1. The summed E-state index contributed by atoms with van der Waals surface area (Å²) in [6.45, 7) is 4.87. The molecule has 30 heavy (non-hydrogen) atoms. The number of benzene rings is 1. The Morgan fingerprint density at radius 2 is 2.17 bits per heavy atom. The average Bonchev–Trinajstić information content (AvgIpc) is 3.28. The number of pyridine rings is 1. The first kappa shape index (κ1) is 18.8. The number of rotatable bonds is 2. The molecule has 3 aromatic heterocycles. The van der Waals surface area contributed by atoms with Crippen LogP contribution in [0.3, 0.4) is 0 Å². The molecule has 0 saturated heterocycles. The van der Waals surface area contributed by atoms with Crippen molar-refractivity contribution in [3.05, 3.63) is 65.0 Å². The first-order chi connectivity index (χ1) is 14.6. The van der Waals surface area contributed by atoms with E-state index in [-0.39, 0.29) is 18.3 Å². The lowest BCUT2D eigenvalue weighted by molar-refractivity contribution is 0.263. The summed E-state index contributed by atoms with van der Waals surface area (Å²) in [5.41, 5.74) is 6.53. The van der Waals surface area contributed by atoms with E-state index in [0.717, 1.165) is 44.7 Å². The molecule has 7 heteroatoms. The summed E-state index contributed by atoms with van der Waals surface area (Å²) >= 11 is 0. The lowest BCUT2D eigenvalue weighted by Gasteiger charge is -2.19. The normalized spacial score (nSPS) is 15.9. The maximum Gasteiger partial charge on any atom is 0.137 e. The number of halogens is 1. The minimum atomic E-state index is -0.283. The molecule has 4 aromatic rings. The van der Waals surface area contributed by atoms with Gasteiger partial charge in [-0.3, -0.25) is 4.68 Å². The highest BCUT2D eigenvalue weighted by atomic mass is 19.1. The summed E-state index contributed by atoms with van der Waals surface area (Å²) in [4.78, 5) is 7.88. The van der Waals surface area contributed by atoms with Crippen molar-refractivity contribution < 1.29 is 14.2 Å². The minimum Gasteiger partial charge on any atom is -0.493 e. The van der Waals surface area contributed by atoms with Crippen LogP contribution in [0, 0.1) is 12.7 Å². The monoisotopic (exact) mass is 406 g/mol. The molecule has 0 unspecified atom stereocenters. The molecule has 0 spiro atoms. The van der Waals surface area contributed by atoms with Gasteiger partial charge in [0.1, 0.15) is 17.2 Å². The van der Waals surface area contributed by atoms with E-state index in [1.54, 1.807) is 12.1 Å². The number of aryl methyl sites for hydroxylation is 1. The Morgan fingerprint density at radius 3 is 3.00 bits per heavy atom. The van der Waals surface area contributed by atoms with Crippen molar-refractivity contribution >= 4 is 11.0 Å². The topological polar surface area (TPSA) is 76.0 Å². The molecular formula is C23H23FN4O2. The number of H-pyrrole nitrogens is 1. The fourth-order valence-corrected chi connectivity index (χ4v) is 4.47. The summed E-state index contributed by atoms with van der Waals surface area (Å²) in [6, 6.07) is 6.80. The van der Waals surface area contributed by atoms with Crippen LogP contribution in [0.25, 0.3) is 22.2 Å². The van der Waals surface area contributed by atoms with Crippen molar-refractivity contribution in [1.82, 2.24) is 19.7 Å². The van der Waals surface area contributed by atoms with E-state index in [9.17, 15) is 9.50 Å². The standard InChI is InChI=1S/C23H23FN4O2/c1-13-17-10-16(24)3-4-21(17)30-8-5-20-22(14(2)27-28(20)6-7-29)15-9-18-19(13)12-26-23(18)25-11-15/h3-4,9-13,29H,5-8H2,1-2H3,(H,25,26)/t13-/m1/s1. The lowest BCUT2D eigenvalue weighted by atomic mass is 9.91. The largest absolute Gasteiger partial charge is 0.493 e. The quantitative estimate of drug-likeness (QED) is 0.529. The third-order valence-electron chi connectivity index (χ3n) is 5.90. The molecule has 1 atom stereocenters. The van der Waals surface area contributed by atoms with Crippen LogP contribution in [-0.4, -0.2) is 38.1 Å². The number of aliphatic hydroxyl groups excluding tert-OH is 1. The summed E-state index contributed by atoms with van der Waals surface area (Å²) in [7, 11) is 0. The van der Waals surface area contributed by atoms with Crippen molar-refractivity contribution in [1.29, 1.82) is 0 Å². The number of ether oxygens (including phenoxy) is 1. The van der Waals surface area contributed by atoms with Gasteiger partial charge in [-0.15, -0.1) is 0 Å². The molecule has 4 heterocycles. The zero-order chi connectivity index (χ0) is 20.8. The highest BCUT2D eigenvalue weighted by Crippen LogP contribution is 2.38. The minimum absolute atomic E-state index is 0.00723. The summed E-state index contributed by atoms with van der Waals surface area (Å²) in [6.07, 6.45) is 4.40. The molecule has 154 valence electrons. The lowest BCUT2D eigenvalue weighted by Crippen LogP contribution is -2.13. The summed E-state index contributed by atoms with van der Waals surface area (Å²) in [5.74, 6) is 0.321. The smallest absolute Gasteiger partial charge is 0.137 e. The second-order valence-electron chi connectivity index (χ2n) is 7.72. The van der Waals surface area contributed by atoms with Crippen LogP contribution in [0.1, 0.15) is 35.4 Å². The Hall–Kier alpha value is -3.19. The van der Waals surface area contributed by atoms with E-state index < -0.39 is 0 Å². The van der Waals surface area contributed by atoms with Crippen molar-refractivity contribution in [2.45, 2.75) is 32.7 Å². The van der Waals surface area contributed by atoms with Gasteiger partial charge in [0.25, 0.3) is 0 Å². The molecule has 1 aliphatic rings. The van der Waals surface area contributed by atoms with E-state index in [0.29, 0.717) is 25.3 Å². The van der Waals surface area contributed by atoms with Gasteiger partial charge in [-0.25, -0.2) is 9.37 Å². The number of nitrogens with zero attached hydrogens (tertiary/aromatic N) is 3. The maximum atomic E-state index is 14.1. The maximum absolute atomic E-state index is 14.1. The van der Waals surface area contributed by atoms with Gasteiger partial charge < -0.3 is 14.8 Å². The molecular weight excluding hydrogens is 383 g/mol. The van der Waals surface area contributed by atoms with Crippen molar-refractivity contribution in [2.24, 2.45) is 0 Å². The van der Waals surface area contributed by atoms with E-state index in [2.05, 4.69) is 28.1 Å². The van der Waals surface area contributed by atoms with Gasteiger partial charge in [0, 0.05) is 46.8 Å². The first-order valence-corrected chi connectivity index (χ1v) is 10.1. The summed E-state index contributed by atoms with van der Waals surface area (Å²) < 4.78 is 22.1. The second-order valence-corrected chi connectivity index (χ2v) is 7.72. The Balaban J connectivity index is 1.77. The number of hydrogen-bond donors (Lipinski definition) is 2. The Bertz CT molecular complexity index is 1240. The first-order valence-electron chi connectivity index (χ1n) is 10.1. The van der Waals surface area contributed by atoms with Gasteiger partial charge in [-0.05, 0) is 36.8 Å². The molecule has 1 aromatic carbocycles. The van der Waals surface area contributed by atoms with Crippen LogP contribution in [0.5, 0.6) is 5.75 Å². The molecule has 5 rings (SSSR count). The molecule has 6 nitrogen and oxygen atoms in total. The molecule has 2 bridgehead atoms. The van der Waals surface area contributed by atoms with E-state index in [1.165, 1.54) is 6.07 Å². The highest BCUT2D eigenvalue weighted by molar-refractivity contribution is 5.86.